The number of benzene rings is 2. The topological polar surface area (TPSA) is 72.9 Å². The number of nitrogens with zero attached hydrogens (tertiary/aromatic N) is 1. The number of esters is 1. The van der Waals surface area contributed by atoms with Gasteiger partial charge in [0.1, 0.15) is 11.5 Å². The first-order chi connectivity index (χ1) is 13.1. The van der Waals surface area contributed by atoms with Crippen molar-refractivity contribution in [1.29, 1.82) is 0 Å². The number of carbonyl (C=O) groups is 3. The van der Waals surface area contributed by atoms with Gasteiger partial charge in [-0.3, -0.25) is 9.59 Å². The fourth-order valence-electron chi connectivity index (χ4n) is 2.86. The lowest BCUT2D eigenvalue weighted by Crippen LogP contribution is -2.23. The van der Waals surface area contributed by atoms with Gasteiger partial charge in [-0.1, -0.05) is 6.92 Å². The van der Waals surface area contributed by atoms with Gasteiger partial charge in [-0.05, 0) is 55.0 Å². The average molecular weight is 367 g/mol. The minimum Gasteiger partial charge on any atom is -0.482 e. The SMILES string of the molecule is CCC(=O)c1ccc(OC(=O)COc2ccc(N3CCCC3=O)cc2)cc1. The van der Waals surface area contributed by atoms with Crippen molar-refractivity contribution in [2.75, 3.05) is 18.1 Å². The third kappa shape index (κ3) is 4.73. The van der Waals surface area contributed by atoms with Crippen LogP contribution in [0.15, 0.2) is 48.5 Å². The molecule has 0 radical (unpaired) electrons. The van der Waals surface area contributed by atoms with Crippen molar-refractivity contribution in [3.63, 3.8) is 0 Å². The number of amides is 1. The molecule has 0 aliphatic carbocycles. The number of hydrogen-bond donors (Lipinski definition) is 0. The van der Waals surface area contributed by atoms with Crippen LogP contribution in [0.2, 0.25) is 0 Å². The fraction of sp³-hybridized carbons (Fsp3) is 0.286. The first-order valence-electron chi connectivity index (χ1n) is 8.94. The van der Waals surface area contributed by atoms with Gasteiger partial charge in [0, 0.05) is 30.6 Å². The molecule has 1 saturated heterocycles. The summed E-state index contributed by atoms with van der Waals surface area (Å²) in [5.41, 5.74) is 1.42. The Morgan fingerprint density at radius 2 is 1.67 bits per heavy atom. The quantitative estimate of drug-likeness (QED) is 0.426. The van der Waals surface area contributed by atoms with E-state index in [1.807, 2.05) is 0 Å². The lowest BCUT2D eigenvalue weighted by Gasteiger charge is -2.16. The van der Waals surface area contributed by atoms with Crippen LogP contribution in [-0.2, 0) is 9.59 Å². The zero-order valence-corrected chi connectivity index (χ0v) is 15.1. The van der Waals surface area contributed by atoms with Crippen molar-refractivity contribution < 1.29 is 23.9 Å². The summed E-state index contributed by atoms with van der Waals surface area (Å²) < 4.78 is 10.6. The molecule has 0 atom stereocenters. The normalized spacial score (nSPS) is 13.5. The smallest absolute Gasteiger partial charge is 0.349 e. The van der Waals surface area contributed by atoms with Crippen LogP contribution in [0.4, 0.5) is 5.69 Å². The molecule has 6 nitrogen and oxygen atoms in total. The first-order valence-corrected chi connectivity index (χ1v) is 8.94. The van der Waals surface area contributed by atoms with Gasteiger partial charge in [0.05, 0.1) is 0 Å². The molecular weight excluding hydrogens is 346 g/mol. The molecule has 1 heterocycles. The summed E-state index contributed by atoms with van der Waals surface area (Å²) in [4.78, 5) is 37.0. The Hall–Kier alpha value is -3.15. The molecule has 6 heteroatoms. The molecule has 0 N–H and O–H groups in total. The molecule has 140 valence electrons. The lowest BCUT2D eigenvalue weighted by atomic mass is 10.1. The first kappa shape index (κ1) is 18.6. The third-order valence-electron chi connectivity index (χ3n) is 4.31. The molecule has 27 heavy (non-hydrogen) atoms. The van der Waals surface area contributed by atoms with Gasteiger partial charge < -0.3 is 14.4 Å². The van der Waals surface area contributed by atoms with Gasteiger partial charge in [0.15, 0.2) is 12.4 Å². The van der Waals surface area contributed by atoms with Gasteiger partial charge in [-0.2, -0.15) is 0 Å². The van der Waals surface area contributed by atoms with Crippen molar-refractivity contribution in [2.45, 2.75) is 26.2 Å². The molecule has 2 aromatic rings. The van der Waals surface area contributed by atoms with Gasteiger partial charge in [0.25, 0.3) is 0 Å². The monoisotopic (exact) mass is 367 g/mol. The van der Waals surface area contributed by atoms with E-state index in [1.54, 1.807) is 60.4 Å². The van der Waals surface area contributed by atoms with Crippen LogP contribution in [0, 0.1) is 0 Å². The zero-order chi connectivity index (χ0) is 19.2. The van der Waals surface area contributed by atoms with Crippen LogP contribution >= 0.6 is 0 Å². The van der Waals surface area contributed by atoms with Crippen LogP contribution in [0.1, 0.15) is 36.5 Å². The number of ketones is 1. The van der Waals surface area contributed by atoms with E-state index in [-0.39, 0.29) is 18.3 Å². The molecular formula is C21H21NO5. The summed E-state index contributed by atoms with van der Waals surface area (Å²) >= 11 is 0. The molecule has 3 rings (SSSR count). The highest BCUT2D eigenvalue weighted by atomic mass is 16.6. The predicted molar refractivity (Wildman–Crippen MR) is 100 cm³/mol. The van der Waals surface area contributed by atoms with Gasteiger partial charge in [0.2, 0.25) is 5.91 Å². The number of Topliss-reactive ketones (excluding diaryl/α,β-unsaturated/α-hetero) is 1. The van der Waals surface area contributed by atoms with Gasteiger partial charge >= 0.3 is 5.97 Å². The number of ether oxygens (including phenoxy) is 2. The summed E-state index contributed by atoms with van der Waals surface area (Å²) in [6.45, 7) is 2.29. The number of anilines is 1. The van der Waals surface area contributed by atoms with Gasteiger partial charge in [-0.25, -0.2) is 4.79 Å². The second-order valence-corrected chi connectivity index (χ2v) is 6.21. The Morgan fingerprint density at radius 1 is 1.00 bits per heavy atom. The Morgan fingerprint density at radius 3 is 2.26 bits per heavy atom. The van der Waals surface area contributed by atoms with Crippen molar-refractivity contribution in [2.24, 2.45) is 0 Å². The molecule has 0 aromatic heterocycles. The van der Waals surface area contributed by atoms with Gasteiger partial charge in [-0.15, -0.1) is 0 Å². The van der Waals surface area contributed by atoms with E-state index >= 15 is 0 Å². The van der Waals surface area contributed by atoms with Crippen molar-refractivity contribution in [1.82, 2.24) is 0 Å². The summed E-state index contributed by atoms with van der Waals surface area (Å²) in [7, 11) is 0. The third-order valence-corrected chi connectivity index (χ3v) is 4.31. The maximum Gasteiger partial charge on any atom is 0.349 e. The Kier molecular flexibility index (Phi) is 5.86. The average Bonchev–Trinajstić information content (AvgIpc) is 3.12. The van der Waals surface area contributed by atoms with Crippen molar-refractivity contribution in [3.8, 4) is 11.5 Å². The Labute approximate surface area is 157 Å². The maximum absolute atomic E-state index is 11.9. The number of rotatable bonds is 7. The van der Waals surface area contributed by atoms with Crippen LogP contribution < -0.4 is 14.4 Å². The molecule has 0 bridgehead atoms. The highest BCUT2D eigenvalue weighted by Crippen LogP contribution is 2.24. The number of hydrogen-bond acceptors (Lipinski definition) is 5. The van der Waals surface area contributed by atoms with E-state index in [0.29, 0.717) is 29.9 Å². The second-order valence-electron chi connectivity index (χ2n) is 6.21. The van der Waals surface area contributed by atoms with E-state index in [1.165, 1.54) is 0 Å². The molecule has 0 saturated carbocycles. The van der Waals surface area contributed by atoms with E-state index in [0.717, 1.165) is 18.7 Å². The Bertz CT molecular complexity index is 827. The zero-order valence-electron chi connectivity index (χ0n) is 15.1. The summed E-state index contributed by atoms with van der Waals surface area (Å²) in [6.07, 6.45) is 1.88. The summed E-state index contributed by atoms with van der Waals surface area (Å²) in [5.74, 6) is 0.503. The molecule has 1 aliphatic rings. The molecule has 0 spiro atoms. The van der Waals surface area contributed by atoms with Crippen LogP contribution in [0.5, 0.6) is 11.5 Å². The highest BCUT2D eigenvalue weighted by molar-refractivity contribution is 5.96. The minimum absolute atomic E-state index is 0.0373. The van der Waals surface area contributed by atoms with Crippen molar-refractivity contribution >= 4 is 23.3 Å². The lowest BCUT2D eigenvalue weighted by molar-refractivity contribution is -0.136. The van der Waals surface area contributed by atoms with Crippen molar-refractivity contribution in [3.05, 3.63) is 54.1 Å². The molecule has 2 aromatic carbocycles. The molecule has 1 amide bonds. The summed E-state index contributed by atoms with van der Waals surface area (Å²) in [5, 5.41) is 0. The van der Waals surface area contributed by atoms with E-state index in [4.69, 9.17) is 9.47 Å². The van der Waals surface area contributed by atoms with E-state index in [9.17, 15) is 14.4 Å². The Balaban J connectivity index is 1.50. The predicted octanol–water partition coefficient (Wildman–Crippen LogP) is 3.39. The van der Waals surface area contributed by atoms with E-state index in [2.05, 4.69) is 0 Å². The maximum atomic E-state index is 11.9. The fourth-order valence-corrected chi connectivity index (χ4v) is 2.86. The molecule has 1 fully saturated rings. The van der Waals surface area contributed by atoms with E-state index < -0.39 is 5.97 Å². The highest BCUT2D eigenvalue weighted by Gasteiger charge is 2.21. The van der Waals surface area contributed by atoms with Crippen LogP contribution in [-0.4, -0.2) is 30.8 Å². The minimum atomic E-state index is -0.539. The second kappa shape index (κ2) is 8.49. The standard InChI is InChI=1S/C21H21NO5/c1-2-19(23)15-5-9-18(10-6-15)27-21(25)14-26-17-11-7-16(8-12-17)22-13-3-4-20(22)24/h5-12H,2-4,13-14H2,1H3. The molecule has 0 unspecified atom stereocenters. The van der Waals surface area contributed by atoms with Crippen LogP contribution in [0.3, 0.4) is 0 Å². The van der Waals surface area contributed by atoms with Crippen LogP contribution in [0.25, 0.3) is 0 Å². The molecule has 1 aliphatic heterocycles. The summed E-state index contributed by atoms with van der Waals surface area (Å²) in [6, 6.07) is 13.5. The largest absolute Gasteiger partial charge is 0.482 e. The number of carbonyl (C=O) groups excluding carboxylic acids is 3.